The van der Waals surface area contributed by atoms with Crippen molar-refractivity contribution in [1.29, 1.82) is 0 Å². The lowest BCUT2D eigenvalue weighted by Gasteiger charge is -2.10. The van der Waals surface area contributed by atoms with Crippen molar-refractivity contribution in [3.05, 3.63) is 64.6 Å². The number of para-hydroxylation sites is 1. The van der Waals surface area contributed by atoms with Crippen molar-refractivity contribution in [3.8, 4) is 0 Å². The van der Waals surface area contributed by atoms with Crippen LogP contribution in [0.4, 0.5) is 5.69 Å². The number of rotatable bonds is 6. The minimum absolute atomic E-state index is 0.0496. The normalized spacial score (nSPS) is 10.3. The molecule has 0 atom stereocenters. The minimum atomic E-state index is -0.0696. The largest absolute Gasteiger partial charge is 0.326 e. The van der Waals surface area contributed by atoms with Crippen molar-refractivity contribution in [2.75, 3.05) is 5.32 Å². The maximum absolute atomic E-state index is 11.9. The van der Waals surface area contributed by atoms with Crippen LogP contribution >= 0.6 is 0 Å². The molecule has 2 aromatic rings. The predicted molar refractivity (Wildman–Crippen MR) is 82.9 cm³/mol. The maximum atomic E-state index is 11.9. The lowest BCUT2D eigenvalue weighted by atomic mass is 10.1. The third-order valence-corrected chi connectivity index (χ3v) is 3.21. The van der Waals surface area contributed by atoms with Crippen LogP contribution in [0.15, 0.2) is 53.5 Å². The number of carbonyl (C=O) groups is 1. The van der Waals surface area contributed by atoms with Crippen LogP contribution in [-0.2, 0) is 17.9 Å². The van der Waals surface area contributed by atoms with Crippen LogP contribution in [0.1, 0.15) is 18.4 Å². The van der Waals surface area contributed by atoms with E-state index < -0.39 is 0 Å². The Bertz CT molecular complexity index is 664. The first kappa shape index (κ1) is 15.0. The molecular formula is C16H19N3O2. The van der Waals surface area contributed by atoms with E-state index >= 15 is 0 Å². The molecule has 3 N–H and O–H groups in total. The second-order valence-corrected chi connectivity index (χ2v) is 4.75. The number of aryl methyl sites for hydroxylation is 1. The Morgan fingerprint density at radius 2 is 1.90 bits per heavy atom. The van der Waals surface area contributed by atoms with Gasteiger partial charge in [-0.2, -0.15) is 0 Å². The molecule has 0 bridgehead atoms. The molecule has 0 aliphatic rings. The summed E-state index contributed by atoms with van der Waals surface area (Å²) < 4.78 is 1.60. The van der Waals surface area contributed by atoms with Gasteiger partial charge in [0.1, 0.15) is 0 Å². The van der Waals surface area contributed by atoms with Crippen LogP contribution in [0.3, 0.4) is 0 Å². The van der Waals surface area contributed by atoms with Crippen LogP contribution in [0.25, 0.3) is 0 Å². The Hall–Kier alpha value is -2.40. The summed E-state index contributed by atoms with van der Waals surface area (Å²) in [5.74, 6) is -0.0696. The van der Waals surface area contributed by atoms with Crippen molar-refractivity contribution < 1.29 is 4.79 Å². The Kier molecular flexibility index (Phi) is 5.29. The third kappa shape index (κ3) is 4.29. The summed E-state index contributed by atoms with van der Waals surface area (Å²) in [5.41, 5.74) is 7.24. The van der Waals surface area contributed by atoms with Crippen molar-refractivity contribution in [3.63, 3.8) is 0 Å². The molecule has 0 saturated heterocycles. The van der Waals surface area contributed by atoms with E-state index in [1.807, 2.05) is 24.3 Å². The standard InChI is InChI=1S/C16H19N3O2/c17-12-13-6-1-2-7-14(13)18-15(20)8-5-11-19-10-4-3-9-16(19)21/h1-4,6-7,9-10H,5,8,11-12,17H2,(H,18,20). The molecule has 0 saturated carbocycles. The van der Waals surface area contributed by atoms with Crippen LogP contribution in [0, 0.1) is 0 Å². The van der Waals surface area contributed by atoms with Crippen molar-refractivity contribution in [2.24, 2.45) is 5.73 Å². The summed E-state index contributed by atoms with van der Waals surface area (Å²) in [4.78, 5) is 23.4. The lowest BCUT2D eigenvalue weighted by Crippen LogP contribution is -2.19. The molecule has 1 amide bonds. The molecule has 5 nitrogen and oxygen atoms in total. The number of anilines is 1. The van der Waals surface area contributed by atoms with Gasteiger partial charge in [0.25, 0.3) is 0 Å². The van der Waals surface area contributed by atoms with Gasteiger partial charge in [0, 0.05) is 37.5 Å². The van der Waals surface area contributed by atoms with Crippen LogP contribution in [-0.4, -0.2) is 10.5 Å². The molecule has 0 fully saturated rings. The fourth-order valence-electron chi connectivity index (χ4n) is 2.09. The molecule has 110 valence electrons. The summed E-state index contributed by atoms with van der Waals surface area (Å²) in [7, 11) is 0. The van der Waals surface area contributed by atoms with Gasteiger partial charge < -0.3 is 15.6 Å². The first-order chi connectivity index (χ1) is 10.2. The third-order valence-electron chi connectivity index (χ3n) is 3.21. The Balaban J connectivity index is 1.85. The molecule has 0 aliphatic heterocycles. The number of nitrogens with one attached hydrogen (secondary N) is 1. The summed E-state index contributed by atoms with van der Waals surface area (Å²) >= 11 is 0. The van der Waals surface area contributed by atoms with E-state index in [1.165, 1.54) is 6.07 Å². The van der Waals surface area contributed by atoms with Crippen molar-refractivity contribution in [2.45, 2.75) is 25.9 Å². The van der Waals surface area contributed by atoms with Gasteiger partial charge in [0.2, 0.25) is 11.5 Å². The number of pyridine rings is 1. The van der Waals surface area contributed by atoms with E-state index in [-0.39, 0.29) is 11.5 Å². The molecular weight excluding hydrogens is 266 g/mol. The number of benzene rings is 1. The Morgan fingerprint density at radius 1 is 1.14 bits per heavy atom. The Labute approximate surface area is 123 Å². The summed E-state index contributed by atoms with van der Waals surface area (Å²) in [6, 6.07) is 12.5. The molecule has 1 aromatic carbocycles. The van der Waals surface area contributed by atoms with E-state index in [2.05, 4.69) is 5.32 Å². The quantitative estimate of drug-likeness (QED) is 0.848. The first-order valence-electron chi connectivity index (χ1n) is 6.94. The Morgan fingerprint density at radius 3 is 2.67 bits per heavy atom. The van der Waals surface area contributed by atoms with Gasteiger partial charge in [-0.25, -0.2) is 0 Å². The number of nitrogens with two attached hydrogens (primary N) is 1. The molecule has 0 spiro atoms. The fourth-order valence-corrected chi connectivity index (χ4v) is 2.09. The number of amides is 1. The predicted octanol–water partition coefficient (Wildman–Crippen LogP) is 1.73. The highest BCUT2D eigenvalue weighted by Crippen LogP contribution is 2.14. The monoisotopic (exact) mass is 285 g/mol. The molecule has 21 heavy (non-hydrogen) atoms. The van der Waals surface area contributed by atoms with E-state index in [0.29, 0.717) is 25.9 Å². The SMILES string of the molecule is NCc1ccccc1NC(=O)CCCn1ccccc1=O. The van der Waals surface area contributed by atoms with Gasteiger partial charge in [0.15, 0.2) is 0 Å². The second kappa shape index (κ2) is 7.40. The maximum Gasteiger partial charge on any atom is 0.250 e. The molecule has 0 unspecified atom stereocenters. The highest BCUT2D eigenvalue weighted by molar-refractivity contribution is 5.91. The zero-order valence-corrected chi connectivity index (χ0v) is 11.8. The van der Waals surface area contributed by atoms with E-state index in [9.17, 15) is 9.59 Å². The molecule has 1 aromatic heterocycles. The number of aromatic nitrogens is 1. The topological polar surface area (TPSA) is 77.1 Å². The lowest BCUT2D eigenvalue weighted by molar-refractivity contribution is -0.116. The second-order valence-electron chi connectivity index (χ2n) is 4.75. The van der Waals surface area contributed by atoms with E-state index in [1.54, 1.807) is 22.9 Å². The average Bonchev–Trinajstić information content (AvgIpc) is 2.50. The number of hydrogen-bond donors (Lipinski definition) is 2. The van der Waals surface area contributed by atoms with Crippen molar-refractivity contribution in [1.82, 2.24) is 4.57 Å². The highest BCUT2D eigenvalue weighted by atomic mass is 16.1. The average molecular weight is 285 g/mol. The number of hydrogen-bond acceptors (Lipinski definition) is 3. The number of nitrogens with zero attached hydrogens (tertiary/aromatic N) is 1. The van der Waals surface area contributed by atoms with Gasteiger partial charge in [-0.15, -0.1) is 0 Å². The van der Waals surface area contributed by atoms with Gasteiger partial charge in [0.05, 0.1) is 0 Å². The summed E-state index contributed by atoms with van der Waals surface area (Å²) in [5, 5.41) is 2.86. The molecule has 2 rings (SSSR count). The van der Waals surface area contributed by atoms with Crippen LogP contribution in [0.2, 0.25) is 0 Å². The molecule has 0 radical (unpaired) electrons. The highest BCUT2D eigenvalue weighted by Gasteiger charge is 2.05. The summed E-state index contributed by atoms with van der Waals surface area (Å²) in [6.07, 6.45) is 2.70. The first-order valence-corrected chi connectivity index (χ1v) is 6.94. The minimum Gasteiger partial charge on any atom is -0.326 e. The van der Waals surface area contributed by atoms with Gasteiger partial charge in [-0.1, -0.05) is 24.3 Å². The van der Waals surface area contributed by atoms with Crippen LogP contribution < -0.4 is 16.6 Å². The van der Waals surface area contributed by atoms with Gasteiger partial charge >= 0.3 is 0 Å². The fraction of sp³-hybridized carbons (Fsp3) is 0.250. The zero-order chi connectivity index (χ0) is 15.1. The van der Waals surface area contributed by atoms with E-state index in [4.69, 9.17) is 5.73 Å². The zero-order valence-electron chi connectivity index (χ0n) is 11.8. The van der Waals surface area contributed by atoms with Crippen molar-refractivity contribution >= 4 is 11.6 Å². The molecule has 1 heterocycles. The van der Waals surface area contributed by atoms with Gasteiger partial charge in [-0.3, -0.25) is 9.59 Å². The summed E-state index contributed by atoms with van der Waals surface area (Å²) in [6.45, 7) is 0.918. The van der Waals surface area contributed by atoms with Crippen LogP contribution in [0.5, 0.6) is 0 Å². The molecule has 5 heteroatoms. The van der Waals surface area contributed by atoms with Gasteiger partial charge in [-0.05, 0) is 24.1 Å². The number of carbonyl (C=O) groups excluding carboxylic acids is 1. The van der Waals surface area contributed by atoms with E-state index in [0.717, 1.165) is 11.3 Å². The molecule has 0 aliphatic carbocycles. The smallest absolute Gasteiger partial charge is 0.250 e.